The van der Waals surface area contributed by atoms with Crippen LogP contribution in [0.4, 0.5) is 10.7 Å². The number of carbonyl (C=O) groups excluding carboxylic acids is 1. The molecule has 2 unspecified atom stereocenters. The number of anilines is 2. The number of rotatable bonds is 5. The predicted octanol–water partition coefficient (Wildman–Crippen LogP) is 5.33. The Morgan fingerprint density at radius 2 is 1.67 bits per heavy atom. The van der Waals surface area contributed by atoms with Crippen LogP contribution in [-0.4, -0.2) is 35.9 Å². The number of hydrogen-bond donors (Lipinski definition) is 1. The molecular formula is C23H21Cl2N3OS. The fraction of sp³-hybridized carbons (Fsp3) is 0.261. The van der Waals surface area contributed by atoms with E-state index in [1.807, 2.05) is 17.5 Å². The fourth-order valence-electron chi connectivity index (χ4n) is 4.64. The van der Waals surface area contributed by atoms with Gasteiger partial charge in [-0.3, -0.25) is 9.69 Å². The summed E-state index contributed by atoms with van der Waals surface area (Å²) in [6.07, 6.45) is 1.14. The van der Waals surface area contributed by atoms with E-state index < -0.39 is 0 Å². The zero-order valence-corrected chi connectivity index (χ0v) is 18.6. The second-order valence-corrected chi connectivity index (χ2v) is 9.72. The van der Waals surface area contributed by atoms with Crippen LogP contribution in [0.25, 0.3) is 0 Å². The molecule has 2 aliphatic heterocycles. The van der Waals surface area contributed by atoms with E-state index in [0.29, 0.717) is 33.2 Å². The summed E-state index contributed by atoms with van der Waals surface area (Å²) in [5, 5.41) is 3.99. The number of thiophene rings is 1. The predicted molar refractivity (Wildman–Crippen MR) is 125 cm³/mol. The molecule has 2 bridgehead atoms. The molecule has 0 spiro atoms. The molecule has 2 fully saturated rings. The van der Waals surface area contributed by atoms with Gasteiger partial charge in [0.05, 0.1) is 10.6 Å². The number of fused-ring (bicyclic) bond motifs is 2. The Kier molecular flexibility index (Phi) is 5.23. The normalized spacial score (nSPS) is 20.8. The van der Waals surface area contributed by atoms with Gasteiger partial charge in [-0.05, 0) is 65.9 Å². The van der Waals surface area contributed by atoms with Gasteiger partial charge in [-0.15, -0.1) is 11.3 Å². The summed E-state index contributed by atoms with van der Waals surface area (Å²) in [7, 11) is 0. The lowest BCUT2D eigenvalue weighted by Crippen LogP contribution is -2.46. The maximum Gasteiger partial charge on any atom is 0.196 e. The molecule has 2 atom stereocenters. The van der Waals surface area contributed by atoms with Gasteiger partial charge < -0.3 is 10.6 Å². The van der Waals surface area contributed by atoms with Crippen molar-refractivity contribution in [2.24, 2.45) is 0 Å². The molecule has 3 aromatic rings. The van der Waals surface area contributed by atoms with E-state index in [-0.39, 0.29) is 5.78 Å². The van der Waals surface area contributed by atoms with Crippen LogP contribution >= 0.6 is 34.5 Å². The lowest BCUT2D eigenvalue weighted by atomic mass is 10.0. The minimum Gasteiger partial charge on any atom is -0.390 e. The third kappa shape index (κ3) is 3.60. The van der Waals surface area contributed by atoms with Gasteiger partial charge in [0.15, 0.2) is 5.78 Å². The monoisotopic (exact) mass is 457 g/mol. The molecule has 2 aromatic carbocycles. The van der Waals surface area contributed by atoms with E-state index in [1.165, 1.54) is 17.0 Å². The van der Waals surface area contributed by atoms with E-state index in [4.69, 9.17) is 28.9 Å². The van der Waals surface area contributed by atoms with E-state index in [1.54, 1.807) is 24.3 Å². The highest BCUT2D eigenvalue weighted by molar-refractivity contribution is 7.14. The van der Waals surface area contributed by atoms with Crippen LogP contribution in [-0.2, 0) is 6.54 Å². The van der Waals surface area contributed by atoms with Crippen molar-refractivity contribution in [3.8, 4) is 0 Å². The molecule has 2 aliphatic rings. The minimum atomic E-state index is -0.0347. The van der Waals surface area contributed by atoms with Crippen molar-refractivity contribution in [3.63, 3.8) is 0 Å². The summed E-state index contributed by atoms with van der Waals surface area (Å²) < 4.78 is 0. The van der Waals surface area contributed by atoms with E-state index >= 15 is 0 Å². The van der Waals surface area contributed by atoms with Gasteiger partial charge in [-0.1, -0.05) is 23.2 Å². The topological polar surface area (TPSA) is 49.6 Å². The second-order valence-electron chi connectivity index (χ2n) is 7.94. The Morgan fingerprint density at radius 1 is 1.00 bits per heavy atom. The molecule has 0 aliphatic carbocycles. The van der Waals surface area contributed by atoms with E-state index in [0.717, 1.165) is 36.6 Å². The maximum absolute atomic E-state index is 13.1. The first-order chi connectivity index (χ1) is 14.5. The number of likely N-dealkylation sites (tertiary alicyclic amines) is 1. The van der Waals surface area contributed by atoms with Crippen molar-refractivity contribution < 1.29 is 4.79 Å². The fourth-order valence-corrected chi connectivity index (χ4v) is 5.70. The molecule has 3 heterocycles. The molecule has 7 heteroatoms. The zero-order chi connectivity index (χ0) is 20.8. The number of halogens is 2. The molecule has 0 saturated carbocycles. The molecule has 2 N–H and O–H groups in total. The van der Waals surface area contributed by atoms with Crippen molar-refractivity contribution in [2.45, 2.75) is 25.0 Å². The Balaban J connectivity index is 1.32. The third-order valence-electron chi connectivity index (χ3n) is 6.11. The van der Waals surface area contributed by atoms with Crippen LogP contribution in [0.15, 0.2) is 53.9 Å². The van der Waals surface area contributed by atoms with Gasteiger partial charge in [0.25, 0.3) is 0 Å². The van der Waals surface area contributed by atoms with Crippen LogP contribution < -0.4 is 10.6 Å². The first kappa shape index (κ1) is 19.9. The maximum atomic E-state index is 13.1. The van der Waals surface area contributed by atoms with Crippen molar-refractivity contribution in [3.05, 3.63) is 80.6 Å². The van der Waals surface area contributed by atoms with Gasteiger partial charge in [0.1, 0.15) is 0 Å². The van der Waals surface area contributed by atoms with Crippen LogP contribution in [0.3, 0.4) is 0 Å². The molecule has 30 heavy (non-hydrogen) atoms. The first-order valence-electron chi connectivity index (χ1n) is 9.92. The summed E-state index contributed by atoms with van der Waals surface area (Å²) in [6, 6.07) is 16.0. The van der Waals surface area contributed by atoms with Gasteiger partial charge >= 0.3 is 0 Å². The van der Waals surface area contributed by atoms with E-state index in [9.17, 15) is 4.79 Å². The zero-order valence-electron chi connectivity index (χ0n) is 16.2. The smallest absolute Gasteiger partial charge is 0.196 e. The van der Waals surface area contributed by atoms with Crippen molar-refractivity contribution in [1.82, 2.24) is 4.90 Å². The number of piperazine rings is 1. The Bertz CT molecular complexity index is 1080. The molecule has 5 rings (SSSR count). The lowest BCUT2D eigenvalue weighted by Gasteiger charge is -2.35. The molecular weight excluding hydrogens is 437 g/mol. The molecule has 154 valence electrons. The average molecular weight is 458 g/mol. The number of nitrogen functional groups attached to an aromatic ring is 1. The molecule has 1 aromatic heterocycles. The molecule has 0 radical (unpaired) electrons. The highest BCUT2D eigenvalue weighted by Gasteiger charge is 2.43. The van der Waals surface area contributed by atoms with Crippen LogP contribution in [0, 0.1) is 0 Å². The SMILES string of the molecule is Nc1scc(CN2CC3CC2CN3c2ccc(Cl)cc2)c1C(=O)c1ccc(Cl)cc1. The second kappa shape index (κ2) is 7.89. The Morgan fingerprint density at radius 3 is 2.30 bits per heavy atom. The first-order valence-corrected chi connectivity index (χ1v) is 11.6. The number of hydrogen-bond acceptors (Lipinski definition) is 5. The average Bonchev–Trinajstić information content (AvgIpc) is 3.43. The van der Waals surface area contributed by atoms with Crippen molar-refractivity contribution >= 4 is 51.0 Å². The van der Waals surface area contributed by atoms with Gasteiger partial charge in [-0.25, -0.2) is 0 Å². The number of nitrogens with zero attached hydrogens (tertiary/aromatic N) is 2. The summed E-state index contributed by atoms with van der Waals surface area (Å²) in [6.45, 7) is 2.72. The summed E-state index contributed by atoms with van der Waals surface area (Å²) in [4.78, 5) is 18.1. The van der Waals surface area contributed by atoms with E-state index in [2.05, 4.69) is 21.9 Å². The molecule has 4 nitrogen and oxygen atoms in total. The largest absolute Gasteiger partial charge is 0.390 e. The summed E-state index contributed by atoms with van der Waals surface area (Å²) >= 11 is 13.4. The standard InChI is InChI=1S/C23H21Cl2N3OS/c24-16-3-1-14(2-4-16)22(29)21-15(13-30-23(21)26)10-27-11-20-9-19(27)12-28(20)18-7-5-17(25)6-8-18/h1-8,13,19-20H,9-12,26H2. The summed E-state index contributed by atoms with van der Waals surface area (Å²) in [5.41, 5.74) is 9.70. The lowest BCUT2D eigenvalue weighted by molar-refractivity contribution is 0.103. The summed E-state index contributed by atoms with van der Waals surface area (Å²) in [5.74, 6) is -0.0347. The van der Waals surface area contributed by atoms with Crippen LogP contribution in [0.1, 0.15) is 27.9 Å². The Labute approximate surface area is 189 Å². The highest BCUT2D eigenvalue weighted by atomic mass is 35.5. The minimum absolute atomic E-state index is 0.0347. The van der Waals surface area contributed by atoms with Gasteiger partial charge in [0.2, 0.25) is 0 Å². The highest BCUT2D eigenvalue weighted by Crippen LogP contribution is 2.37. The molecule has 0 amide bonds. The van der Waals surface area contributed by atoms with Crippen molar-refractivity contribution in [1.29, 1.82) is 0 Å². The molecule has 2 saturated heterocycles. The van der Waals surface area contributed by atoms with Crippen molar-refractivity contribution in [2.75, 3.05) is 23.7 Å². The van der Waals surface area contributed by atoms with Gasteiger partial charge in [0, 0.05) is 53.0 Å². The van der Waals surface area contributed by atoms with Crippen LogP contribution in [0.2, 0.25) is 10.0 Å². The number of ketones is 1. The van der Waals surface area contributed by atoms with Gasteiger partial charge in [-0.2, -0.15) is 0 Å². The quantitative estimate of drug-likeness (QED) is 0.525. The number of nitrogens with two attached hydrogens (primary N) is 1. The third-order valence-corrected chi connectivity index (χ3v) is 7.48. The Hall–Kier alpha value is -2.05. The number of carbonyl (C=O) groups is 1. The number of benzene rings is 2. The van der Waals surface area contributed by atoms with Crippen LogP contribution in [0.5, 0.6) is 0 Å².